The molecule has 3 heteroatoms. The fraction of sp³-hybridized carbons (Fsp3) is 0.650. The Morgan fingerprint density at radius 3 is 2.09 bits per heavy atom. The molecule has 1 aliphatic carbocycles. The van der Waals surface area contributed by atoms with E-state index in [1.54, 1.807) is 0 Å². The number of hydrogen-bond acceptors (Lipinski definition) is 2. The van der Waals surface area contributed by atoms with Gasteiger partial charge in [0.25, 0.3) is 0 Å². The van der Waals surface area contributed by atoms with Crippen LogP contribution in [0.5, 0.6) is 0 Å². The molecule has 0 saturated heterocycles. The van der Waals surface area contributed by atoms with Crippen molar-refractivity contribution < 1.29 is 4.79 Å². The van der Waals surface area contributed by atoms with Crippen molar-refractivity contribution in [2.45, 2.75) is 77.9 Å². The van der Waals surface area contributed by atoms with Gasteiger partial charge < -0.3 is 5.32 Å². The Bertz CT molecular complexity index is 524. The van der Waals surface area contributed by atoms with Gasteiger partial charge in [0, 0.05) is 12.1 Å². The number of carbonyl (C=O) groups excluding carboxylic acids is 1. The largest absolute Gasteiger partial charge is 0.352 e. The third-order valence-corrected chi connectivity index (χ3v) is 4.55. The number of carbonyl (C=O) groups is 1. The maximum Gasteiger partial charge on any atom is 0.237 e. The van der Waals surface area contributed by atoms with Crippen molar-refractivity contribution >= 4 is 5.91 Å². The van der Waals surface area contributed by atoms with Crippen molar-refractivity contribution in [1.29, 1.82) is 0 Å². The van der Waals surface area contributed by atoms with Crippen LogP contribution in [-0.2, 0) is 10.2 Å². The van der Waals surface area contributed by atoms with Gasteiger partial charge in [-0.25, -0.2) is 0 Å². The van der Waals surface area contributed by atoms with Crippen LogP contribution in [0, 0.1) is 5.92 Å². The molecular formula is C20H32N2O. The lowest BCUT2D eigenvalue weighted by molar-refractivity contribution is -0.123. The van der Waals surface area contributed by atoms with E-state index >= 15 is 0 Å². The first-order valence-corrected chi connectivity index (χ1v) is 8.85. The molecule has 128 valence electrons. The Balaban J connectivity index is 2.06. The summed E-state index contributed by atoms with van der Waals surface area (Å²) < 4.78 is 0. The molecule has 0 aliphatic heterocycles. The fourth-order valence-electron chi connectivity index (χ4n) is 2.76. The number of amides is 1. The third kappa shape index (κ3) is 5.07. The minimum atomic E-state index is -0.176. The van der Waals surface area contributed by atoms with E-state index in [2.05, 4.69) is 69.5 Å². The molecule has 1 fully saturated rings. The maximum atomic E-state index is 12.2. The highest BCUT2D eigenvalue weighted by Gasteiger charge is 2.27. The number of rotatable bonds is 6. The predicted octanol–water partition coefficient (Wildman–Crippen LogP) is 3.94. The highest BCUT2D eigenvalue weighted by atomic mass is 16.2. The molecule has 0 heterocycles. The Morgan fingerprint density at radius 1 is 1.09 bits per heavy atom. The lowest BCUT2D eigenvalue weighted by Gasteiger charge is -2.27. The quantitative estimate of drug-likeness (QED) is 0.834. The lowest BCUT2D eigenvalue weighted by Crippen LogP contribution is -2.45. The van der Waals surface area contributed by atoms with Crippen LogP contribution in [0.3, 0.4) is 0 Å². The van der Waals surface area contributed by atoms with Gasteiger partial charge in [0.15, 0.2) is 0 Å². The molecule has 2 N–H and O–H groups in total. The molecule has 0 aromatic heterocycles. The fourth-order valence-corrected chi connectivity index (χ4v) is 2.76. The van der Waals surface area contributed by atoms with E-state index in [0.29, 0.717) is 12.0 Å². The Hall–Kier alpha value is -1.35. The monoisotopic (exact) mass is 316 g/mol. The second-order valence-corrected chi connectivity index (χ2v) is 8.26. The van der Waals surface area contributed by atoms with Crippen molar-refractivity contribution in [3.05, 3.63) is 35.4 Å². The Labute approximate surface area is 141 Å². The standard InChI is InChI=1S/C20H32N2O/c1-13(2)18(21-14(3)19(23)22-17-11-12-17)15-7-9-16(10-8-15)20(4,5)6/h7-10,13-14,17-18,21H,11-12H2,1-6H3,(H,22,23)/t14-,18-/m1/s1. The first-order valence-electron chi connectivity index (χ1n) is 8.85. The first kappa shape index (κ1) is 18.0. The van der Waals surface area contributed by atoms with Crippen molar-refractivity contribution in [2.24, 2.45) is 5.92 Å². The van der Waals surface area contributed by atoms with E-state index < -0.39 is 0 Å². The molecule has 0 unspecified atom stereocenters. The Kier molecular flexibility index (Phi) is 5.51. The average molecular weight is 316 g/mol. The molecule has 1 saturated carbocycles. The highest BCUT2D eigenvalue weighted by molar-refractivity contribution is 5.81. The zero-order chi connectivity index (χ0) is 17.2. The zero-order valence-electron chi connectivity index (χ0n) is 15.4. The molecule has 2 atom stereocenters. The molecule has 1 amide bonds. The predicted molar refractivity (Wildman–Crippen MR) is 96.5 cm³/mol. The molecule has 1 aromatic carbocycles. The summed E-state index contributed by atoms with van der Waals surface area (Å²) in [7, 11) is 0. The number of hydrogen-bond donors (Lipinski definition) is 2. The summed E-state index contributed by atoms with van der Waals surface area (Å²) in [5, 5.41) is 6.59. The molecule has 23 heavy (non-hydrogen) atoms. The van der Waals surface area contributed by atoms with Gasteiger partial charge in [0.05, 0.1) is 6.04 Å². The smallest absolute Gasteiger partial charge is 0.237 e. The molecule has 1 aliphatic rings. The van der Waals surface area contributed by atoms with Gasteiger partial charge in [-0.1, -0.05) is 58.9 Å². The molecule has 0 bridgehead atoms. The van der Waals surface area contributed by atoms with Crippen molar-refractivity contribution in [3.8, 4) is 0 Å². The van der Waals surface area contributed by atoms with Gasteiger partial charge in [-0.3, -0.25) is 10.1 Å². The summed E-state index contributed by atoms with van der Waals surface area (Å²) in [6.45, 7) is 13.0. The van der Waals surface area contributed by atoms with Crippen LogP contribution in [0.4, 0.5) is 0 Å². The van der Waals surface area contributed by atoms with Crippen molar-refractivity contribution in [3.63, 3.8) is 0 Å². The summed E-state index contributed by atoms with van der Waals surface area (Å²) in [5.74, 6) is 0.538. The van der Waals surface area contributed by atoms with Crippen molar-refractivity contribution in [2.75, 3.05) is 0 Å². The molecular weight excluding hydrogens is 284 g/mol. The zero-order valence-corrected chi connectivity index (χ0v) is 15.4. The number of benzene rings is 1. The van der Waals surface area contributed by atoms with Crippen LogP contribution in [0.1, 0.15) is 71.6 Å². The van der Waals surface area contributed by atoms with Gasteiger partial charge >= 0.3 is 0 Å². The second kappa shape index (κ2) is 7.04. The van der Waals surface area contributed by atoms with Gasteiger partial charge in [0.1, 0.15) is 0 Å². The lowest BCUT2D eigenvalue weighted by atomic mass is 9.85. The molecule has 3 nitrogen and oxygen atoms in total. The molecule has 0 radical (unpaired) electrons. The van der Waals surface area contributed by atoms with Gasteiger partial charge in [-0.05, 0) is 42.2 Å². The summed E-state index contributed by atoms with van der Waals surface area (Å²) in [5.41, 5.74) is 2.75. The van der Waals surface area contributed by atoms with E-state index in [1.165, 1.54) is 11.1 Å². The summed E-state index contributed by atoms with van der Waals surface area (Å²) in [6, 6.07) is 9.24. The topological polar surface area (TPSA) is 41.1 Å². The highest BCUT2D eigenvalue weighted by Crippen LogP contribution is 2.27. The third-order valence-electron chi connectivity index (χ3n) is 4.55. The van der Waals surface area contributed by atoms with Crippen LogP contribution in [0.2, 0.25) is 0 Å². The van der Waals surface area contributed by atoms with E-state index in [-0.39, 0.29) is 23.4 Å². The van der Waals surface area contributed by atoms with Crippen LogP contribution in [-0.4, -0.2) is 18.0 Å². The first-order chi connectivity index (χ1) is 10.7. The van der Waals surface area contributed by atoms with Crippen molar-refractivity contribution in [1.82, 2.24) is 10.6 Å². The minimum absolute atomic E-state index is 0.115. The molecule has 0 spiro atoms. The van der Waals surface area contributed by atoms with Crippen LogP contribution in [0.15, 0.2) is 24.3 Å². The van der Waals surface area contributed by atoms with E-state index in [4.69, 9.17) is 0 Å². The summed E-state index contributed by atoms with van der Waals surface area (Å²) >= 11 is 0. The van der Waals surface area contributed by atoms with E-state index in [9.17, 15) is 4.79 Å². The van der Waals surface area contributed by atoms with Gasteiger partial charge in [0.2, 0.25) is 5.91 Å². The normalized spacial score (nSPS) is 17.9. The van der Waals surface area contributed by atoms with Gasteiger partial charge in [-0.2, -0.15) is 0 Å². The van der Waals surface area contributed by atoms with Gasteiger partial charge in [-0.15, -0.1) is 0 Å². The molecule has 1 aromatic rings. The second-order valence-electron chi connectivity index (χ2n) is 8.26. The average Bonchev–Trinajstić information content (AvgIpc) is 3.27. The SMILES string of the molecule is CC(C)[C@@H](N[C@H](C)C(=O)NC1CC1)c1ccc(C(C)(C)C)cc1. The van der Waals surface area contributed by atoms with E-state index in [1.807, 2.05) is 6.92 Å². The van der Waals surface area contributed by atoms with Crippen LogP contribution in [0.25, 0.3) is 0 Å². The number of nitrogens with one attached hydrogen (secondary N) is 2. The van der Waals surface area contributed by atoms with Crippen LogP contribution < -0.4 is 10.6 Å². The Morgan fingerprint density at radius 2 is 1.65 bits per heavy atom. The maximum absolute atomic E-state index is 12.2. The summed E-state index contributed by atoms with van der Waals surface area (Å²) in [6.07, 6.45) is 2.25. The van der Waals surface area contributed by atoms with E-state index in [0.717, 1.165) is 12.8 Å². The van der Waals surface area contributed by atoms with Crippen LogP contribution >= 0.6 is 0 Å². The summed E-state index contributed by atoms with van der Waals surface area (Å²) in [4.78, 5) is 12.2. The minimum Gasteiger partial charge on any atom is -0.352 e. The molecule has 2 rings (SSSR count).